The lowest BCUT2D eigenvalue weighted by Crippen LogP contribution is -2.43. The van der Waals surface area contributed by atoms with Crippen molar-refractivity contribution in [3.8, 4) is 0 Å². The van der Waals surface area contributed by atoms with Gasteiger partial charge in [0.15, 0.2) is 6.04 Å². The van der Waals surface area contributed by atoms with Crippen LogP contribution in [0.5, 0.6) is 0 Å². The number of thioether (sulfide) groups is 1. The van der Waals surface area contributed by atoms with Crippen LogP contribution in [0, 0.1) is 5.92 Å². The molecule has 5 nitrogen and oxygen atoms in total. The van der Waals surface area contributed by atoms with Crippen molar-refractivity contribution in [2.75, 3.05) is 31.0 Å². The molecule has 1 saturated heterocycles. The fraction of sp³-hybridized carbons (Fsp3) is 0.520. The minimum atomic E-state index is -4.63. The molecular formula is C25H29ClF3N3O2S. The van der Waals surface area contributed by atoms with Gasteiger partial charge in [-0.2, -0.15) is 24.9 Å². The van der Waals surface area contributed by atoms with Gasteiger partial charge in [0.1, 0.15) is 0 Å². The zero-order valence-electron chi connectivity index (χ0n) is 19.7. The summed E-state index contributed by atoms with van der Waals surface area (Å²) in [7, 11) is 2.86. The number of ether oxygens (including phenoxy) is 1. The number of benzene rings is 1. The number of hydrogen-bond donors (Lipinski definition) is 1. The fourth-order valence-corrected chi connectivity index (χ4v) is 6.32. The van der Waals surface area contributed by atoms with Crippen LogP contribution in [0.3, 0.4) is 0 Å². The van der Waals surface area contributed by atoms with Crippen LogP contribution in [0.1, 0.15) is 41.3 Å². The number of aromatic nitrogens is 1. The van der Waals surface area contributed by atoms with Crippen molar-refractivity contribution in [1.29, 1.82) is 0 Å². The first-order valence-corrected chi connectivity index (χ1v) is 13.1. The maximum Gasteiger partial charge on any atom is 0.414 e. The molecule has 2 aromatic rings. The summed E-state index contributed by atoms with van der Waals surface area (Å²) in [5, 5.41) is 4.04. The highest BCUT2D eigenvalue weighted by Gasteiger charge is 2.47. The molecule has 190 valence electrons. The monoisotopic (exact) mass is 527 g/mol. The molecule has 2 atom stereocenters. The number of hydrogen-bond acceptors (Lipinski definition) is 5. The number of fused-ring (bicyclic) bond motifs is 1. The smallest absolute Gasteiger partial charge is 0.380 e. The molecule has 35 heavy (non-hydrogen) atoms. The van der Waals surface area contributed by atoms with Gasteiger partial charge in [0, 0.05) is 31.1 Å². The van der Waals surface area contributed by atoms with Gasteiger partial charge in [-0.1, -0.05) is 17.7 Å². The first-order chi connectivity index (χ1) is 16.7. The Kier molecular flexibility index (Phi) is 8.18. The van der Waals surface area contributed by atoms with Gasteiger partial charge in [-0.3, -0.25) is 9.78 Å². The summed E-state index contributed by atoms with van der Waals surface area (Å²) in [6.07, 6.45) is -0.493. The first kappa shape index (κ1) is 26.1. The number of carbonyl (C=O) groups is 1. The van der Waals surface area contributed by atoms with E-state index in [0.29, 0.717) is 30.2 Å². The van der Waals surface area contributed by atoms with Crippen LogP contribution < -0.4 is 5.32 Å². The number of halogens is 4. The van der Waals surface area contributed by atoms with Crippen molar-refractivity contribution in [2.45, 2.75) is 50.6 Å². The molecule has 10 heteroatoms. The molecule has 0 radical (unpaired) electrons. The van der Waals surface area contributed by atoms with E-state index in [0.717, 1.165) is 40.4 Å². The van der Waals surface area contributed by atoms with Gasteiger partial charge in [0.05, 0.1) is 24.2 Å². The summed E-state index contributed by atoms with van der Waals surface area (Å²) < 4.78 is 47.4. The molecule has 1 N–H and O–H groups in total. The lowest BCUT2D eigenvalue weighted by atomic mass is 9.99. The van der Waals surface area contributed by atoms with Crippen LogP contribution in [0.2, 0.25) is 5.02 Å². The molecule has 1 amide bonds. The van der Waals surface area contributed by atoms with E-state index in [4.69, 9.17) is 16.3 Å². The number of anilines is 1. The third-order valence-electron chi connectivity index (χ3n) is 6.73. The minimum Gasteiger partial charge on any atom is -0.380 e. The molecule has 1 aromatic heterocycles. The van der Waals surface area contributed by atoms with Crippen LogP contribution >= 0.6 is 23.4 Å². The van der Waals surface area contributed by atoms with Gasteiger partial charge in [-0.15, -0.1) is 0 Å². The second-order valence-corrected chi connectivity index (χ2v) is 10.7. The number of amides is 1. The van der Waals surface area contributed by atoms with E-state index in [1.54, 1.807) is 24.9 Å². The molecular weight excluding hydrogens is 499 g/mol. The Balaban J connectivity index is 1.47. The Bertz CT molecular complexity index is 1050. The van der Waals surface area contributed by atoms with Gasteiger partial charge in [0.2, 0.25) is 5.91 Å². The quantitative estimate of drug-likeness (QED) is 0.503. The zero-order valence-corrected chi connectivity index (χ0v) is 21.3. The highest BCUT2D eigenvalue weighted by molar-refractivity contribution is 7.99. The largest absolute Gasteiger partial charge is 0.414 e. The van der Waals surface area contributed by atoms with Crippen molar-refractivity contribution < 1.29 is 22.7 Å². The average Bonchev–Trinajstić information content (AvgIpc) is 3.24. The van der Waals surface area contributed by atoms with E-state index in [1.165, 1.54) is 24.9 Å². The van der Waals surface area contributed by atoms with Crippen molar-refractivity contribution in [3.05, 3.63) is 57.9 Å². The van der Waals surface area contributed by atoms with Crippen molar-refractivity contribution >= 4 is 35.0 Å². The van der Waals surface area contributed by atoms with Crippen LogP contribution in [0.15, 0.2) is 30.5 Å². The lowest BCUT2D eigenvalue weighted by molar-refractivity contribution is -0.191. The Morgan fingerprint density at radius 2 is 2.00 bits per heavy atom. The summed E-state index contributed by atoms with van der Waals surface area (Å²) >= 11 is 8.07. The molecule has 2 heterocycles. The molecule has 1 aromatic carbocycles. The summed E-state index contributed by atoms with van der Waals surface area (Å²) in [6.45, 7) is 0.426. The van der Waals surface area contributed by atoms with Crippen LogP contribution in [-0.2, 0) is 29.0 Å². The molecule has 1 aliphatic heterocycles. The van der Waals surface area contributed by atoms with E-state index in [2.05, 4.69) is 10.3 Å². The molecule has 1 fully saturated rings. The maximum absolute atomic E-state index is 14.0. The number of pyridine rings is 1. The van der Waals surface area contributed by atoms with Gasteiger partial charge in [-0.25, -0.2) is 0 Å². The predicted molar refractivity (Wildman–Crippen MR) is 133 cm³/mol. The molecule has 2 aliphatic rings. The molecule has 1 aliphatic carbocycles. The highest BCUT2D eigenvalue weighted by atomic mass is 35.5. The second kappa shape index (κ2) is 11.0. The number of rotatable bonds is 7. The molecule has 0 bridgehead atoms. The molecule has 0 spiro atoms. The zero-order chi connectivity index (χ0) is 25.2. The Morgan fingerprint density at radius 3 is 2.63 bits per heavy atom. The molecule has 2 unspecified atom stereocenters. The minimum absolute atomic E-state index is 0.0681. The highest BCUT2D eigenvalue weighted by Crippen LogP contribution is 2.38. The van der Waals surface area contributed by atoms with E-state index in [-0.39, 0.29) is 17.7 Å². The average molecular weight is 528 g/mol. The van der Waals surface area contributed by atoms with Crippen LogP contribution in [-0.4, -0.2) is 53.7 Å². The van der Waals surface area contributed by atoms with Crippen molar-refractivity contribution in [1.82, 2.24) is 9.88 Å². The van der Waals surface area contributed by atoms with Crippen molar-refractivity contribution in [2.24, 2.45) is 5.92 Å². The fourth-order valence-electron chi connectivity index (χ4n) is 4.98. The topological polar surface area (TPSA) is 54.5 Å². The number of nitrogens with one attached hydrogen (secondary N) is 1. The first-order valence-electron chi connectivity index (χ1n) is 11.6. The maximum atomic E-state index is 14.0. The van der Waals surface area contributed by atoms with Crippen LogP contribution in [0.4, 0.5) is 18.9 Å². The Labute approximate surface area is 212 Å². The predicted octanol–water partition coefficient (Wildman–Crippen LogP) is 5.67. The summed E-state index contributed by atoms with van der Waals surface area (Å²) in [5.74, 6) is 0.756. The Hall–Kier alpha value is -1.97. The third-order valence-corrected chi connectivity index (χ3v) is 8.13. The lowest BCUT2D eigenvalue weighted by Gasteiger charge is -2.33. The van der Waals surface area contributed by atoms with Gasteiger partial charge in [-0.05, 0) is 72.1 Å². The van der Waals surface area contributed by atoms with E-state index >= 15 is 0 Å². The summed E-state index contributed by atoms with van der Waals surface area (Å²) in [6, 6.07) is 4.82. The molecule has 4 rings (SSSR count). The van der Waals surface area contributed by atoms with Crippen molar-refractivity contribution in [3.63, 3.8) is 0 Å². The summed E-state index contributed by atoms with van der Waals surface area (Å²) in [4.78, 5) is 17.8. The second-order valence-electron chi connectivity index (χ2n) is 9.10. The van der Waals surface area contributed by atoms with E-state index in [9.17, 15) is 18.0 Å². The normalized spacial score (nSPS) is 19.3. The number of carbonyl (C=O) groups excluding carboxylic acids is 1. The van der Waals surface area contributed by atoms with Crippen LogP contribution in [0.25, 0.3) is 0 Å². The summed E-state index contributed by atoms with van der Waals surface area (Å²) in [5.41, 5.74) is 3.75. The number of alkyl halides is 3. The molecule has 0 saturated carbocycles. The standard InChI is InChI=1S/C25H29ClF3N3O2S/c1-32(24(33)15-7-9-35-10-8-15)23(25(27,28)29)22-6-4-17(13-30-22)31-18-11-16-3-5-21(26)20(14-34-2)19(16)12-18/h3-6,13,15,18,23,31H,7-12,14H2,1-2H3. The van der Waals surface area contributed by atoms with Gasteiger partial charge in [0.25, 0.3) is 0 Å². The Morgan fingerprint density at radius 1 is 1.26 bits per heavy atom. The SMILES string of the molecule is COCc1c(Cl)ccc2c1CC(Nc1ccc(C(N(C)C(=O)C3CCSCC3)C(F)(F)F)nc1)C2. The number of methoxy groups -OCH3 is 1. The van der Waals surface area contributed by atoms with E-state index in [1.807, 2.05) is 12.1 Å². The third kappa shape index (κ3) is 5.89. The van der Waals surface area contributed by atoms with Gasteiger partial charge >= 0.3 is 6.18 Å². The van der Waals surface area contributed by atoms with Gasteiger partial charge < -0.3 is 15.0 Å². The van der Waals surface area contributed by atoms with E-state index < -0.39 is 18.1 Å². The number of nitrogens with zero attached hydrogens (tertiary/aromatic N) is 2.